The van der Waals surface area contributed by atoms with Gasteiger partial charge in [0.25, 0.3) is 5.91 Å². The first-order valence-electron chi connectivity index (χ1n) is 14.8. The Morgan fingerprint density at radius 1 is 1.02 bits per heavy atom. The normalized spacial score (nSPS) is 17.1. The van der Waals surface area contributed by atoms with Crippen molar-refractivity contribution < 1.29 is 19.4 Å². The molecule has 0 spiro atoms. The van der Waals surface area contributed by atoms with Crippen molar-refractivity contribution in [1.29, 1.82) is 0 Å². The zero-order valence-corrected chi connectivity index (χ0v) is 25.1. The van der Waals surface area contributed by atoms with Gasteiger partial charge in [-0.15, -0.1) is 0 Å². The first kappa shape index (κ1) is 31.3. The Balaban J connectivity index is 1.54. The molecule has 230 valence electrons. The van der Waals surface area contributed by atoms with Crippen molar-refractivity contribution in [3.8, 4) is 5.75 Å². The average Bonchev–Trinajstić information content (AvgIpc) is 3.45. The molecule has 4 aromatic rings. The van der Waals surface area contributed by atoms with Crippen molar-refractivity contribution in [2.45, 2.75) is 44.5 Å². The van der Waals surface area contributed by atoms with Crippen LogP contribution in [0.3, 0.4) is 0 Å². The lowest BCUT2D eigenvalue weighted by molar-refractivity contribution is -0.130. The zero-order chi connectivity index (χ0) is 31.5. The highest BCUT2D eigenvalue weighted by atomic mass is 16.5. The number of ether oxygens (including phenoxy) is 2. The Bertz CT molecular complexity index is 1670. The molecule has 5 rings (SSSR count). The van der Waals surface area contributed by atoms with Crippen LogP contribution in [-0.2, 0) is 29.0 Å². The number of hydrazine groups is 1. The summed E-state index contributed by atoms with van der Waals surface area (Å²) in [6, 6.07) is 32.5. The molecule has 1 aliphatic heterocycles. The van der Waals surface area contributed by atoms with E-state index in [0.29, 0.717) is 36.8 Å². The third-order valence-corrected chi connectivity index (χ3v) is 7.59. The summed E-state index contributed by atoms with van der Waals surface area (Å²) in [7, 11) is 0. The zero-order valence-electron chi connectivity index (χ0n) is 25.1. The highest BCUT2D eigenvalue weighted by Gasteiger charge is 2.53. The van der Waals surface area contributed by atoms with Crippen molar-refractivity contribution >= 4 is 11.8 Å². The van der Waals surface area contributed by atoms with Gasteiger partial charge in [0.1, 0.15) is 5.75 Å². The minimum absolute atomic E-state index is 0.0551. The van der Waals surface area contributed by atoms with Crippen LogP contribution in [0.1, 0.15) is 45.9 Å². The second-order valence-corrected chi connectivity index (χ2v) is 10.8. The van der Waals surface area contributed by atoms with Gasteiger partial charge in [0.2, 0.25) is 5.90 Å². The number of carbonyl (C=O) groups excluding carboxylic acids is 1. The Labute approximate surface area is 262 Å². The Morgan fingerprint density at radius 3 is 2.51 bits per heavy atom. The topological polar surface area (TPSA) is 141 Å². The molecule has 10 heteroatoms. The number of rotatable bonds is 14. The molecule has 0 saturated heterocycles. The number of amides is 1. The van der Waals surface area contributed by atoms with Gasteiger partial charge in [-0.25, -0.2) is 10.4 Å². The van der Waals surface area contributed by atoms with E-state index in [1.54, 1.807) is 0 Å². The SMILES string of the molecule is Cc1cccc(CNNC(=O)[C@@]2(Cc3ccccc3CN=[N+]=[N-])N=C(c3ccc(OCCCO)cc3)O[C@H]2c2ccccc2)c1. The Hall–Kier alpha value is -5.15. The summed E-state index contributed by atoms with van der Waals surface area (Å²) >= 11 is 0. The molecule has 1 aliphatic rings. The maximum Gasteiger partial charge on any atom is 0.266 e. The quantitative estimate of drug-likeness (QED) is 0.0541. The maximum atomic E-state index is 14.4. The number of aliphatic hydroxyl groups is 1. The first-order valence-corrected chi connectivity index (χ1v) is 14.8. The second-order valence-electron chi connectivity index (χ2n) is 10.8. The molecule has 0 unspecified atom stereocenters. The van der Waals surface area contributed by atoms with Gasteiger partial charge in [-0.2, -0.15) is 0 Å². The van der Waals surface area contributed by atoms with E-state index in [1.165, 1.54) is 0 Å². The van der Waals surface area contributed by atoms with E-state index < -0.39 is 11.6 Å². The molecular formula is C35H36N6O4. The van der Waals surface area contributed by atoms with Crippen molar-refractivity contribution in [2.24, 2.45) is 10.1 Å². The predicted molar refractivity (Wildman–Crippen MR) is 172 cm³/mol. The monoisotopic (exact) mass is 604 g/mol. The number of carbonyl (C=O) groups is 1. The molecule has 0 radical (unpaired) electrons. The predicted octanol–water partition coefficient (Wildman–Crippen LogP) is 5.89. The van der Waals surface area contributed by atoms with E-state index in [0.717, 1.165) is 27.8 Å². The van der Waals surface area contributed by atoms with Gasteiger partial charge in [0, 0.05) is 36.5 Å². The molecule has 2 atom stereocenters. The van der Waals surface area contributed by atoms with Crippen LogP contribution in [0.5, 0.6) is 5.75 Å². The molecule has 1 heterocycles. The molecule has 0 aliphatic carbocycles. The molecule has 10 nitrogen and oxygen atoms in total. The second kappa shape index (κ2) is 15.0. The average molecular weight is 605 g/mol. The third kappa shape index (κ3) is 7.69. The van der Waals surface area contributed by atoms with Crippen LogP contribution in [0.4, 0.5) is 0 Å². The van der Waals surface area contributed by atoms with Crippen LogP contribution in [0, 0.1) is 6.92 Å². The van der Waals surface area contributed by atoms with Crippen molar-refractivity contribution in [1.82, 2.24) is 10.9 Å². The lowest BCUT2D eigenvalue weighted by Crippen LogP contribution is -2.53. The summed E-state index contributed by atoms with van der Waals surface area (Å²) in [5, 5.41) is 12.8. The number of nitrogens with zero attached hydrogens (tertiary/aromatic N) is 4. The molecule has 1 amide bonds. The molecule has 0 saturated carbocycles. The van der Waals surface area contributed by atoms with Crippen molar-refractivity contribution in [3.63, 3.8) is 0 Å². The van der Waals surface area contributed by atoms with Gasteiger partial charge in [0.05, 0.1) is 13.2 Å². The van der Waals surface area contributed by atoms with Crippen molar-refractivity contribution in [3.05, 3.63) is 147 Å². The largest absolute Gasteiger partial charge is 0.494 e. The number of hydrogen-bond donors (Lipinski definition) is 3. The number of benzene rings is 4. The van der Waals surface area contributed by atoms with E-state index in [2.05, 4.69) is 26.9 Å². The smallest absolute Gasteiger partial charge is 0.266 e. The van der Waals surface area contributed by atoms with Crippen LogP contribution in [-0.4, -0.2) is 35.7 Å². The Morgan fingerprint density at radius 2 is 1.78 bits per heavy atom. The standard InChI is InChI=1S/C35H36N6O4/c1-25-9-7-10-26(21-25)23-37-40-34(43)35(22-29-13-5-6-14-30(29)24-38-41-36)32(27-11-3-2-4-12-27)45-33(39-35)28-15-17-31(18-16-28)44-20-8-19-42/h2-7,9-18,21,32,37,42H,8,19-20,22-24H2,1H3,(H,40,43)/t32-,35-/m0/s1. The van der Waals surface area contributed by atoms with Crippen LogP contribution in [0.15, 0.2) is 113 Å². The van der Waals surface area contributed by atoms with Crippen molar-refractivity contribution in [2.75, 3.05) is 13.2 Å². The van der Waals surface area contributed by atoms with Crippen LogP contribution >= 0.6 is 0 Å². The number of nitrogens with one attached hydrogen (secondary N) is 2. The number of aliphatic imine (C=N–C) groups is 1. The molecule has 4 aromatic carbocycles. The van der Waals surface area contributed by atoms with Crippen LogP contribution in [0.25, 0.3) is 10.4 Å². The van der Waals surface area contributed by atoms with E-state index in [1.807, 2.05) is 104 Å². The molecular weight excluding hydrogens is 568 g/mol. The van der Waals surface area contributed by atoms with Gasteiger partial charge in [0.15, 0.2) is 11.6 Å². The minimum Gasteiger partial charge on any atom is -0.494 e. The summed E-state index contributed by atoms with van der Waals surface area (Å²) in [6.45, 7) is 3.04. The number of azide groups is 1. The van der Waals surface area contributed by atoms with E-state index >= 15 is 0 Å². The third-order valence-electron chi connectivity index (χ3n) is 7.59. The van der Waals surface area contributed by atoms with Gasteiger partial charge in [-0.05, 0) is 59.0 Å². The first-order chi connectivity index (χ1) is 22.0. The summed E-state index contributed by atoms with van der Waals surface area (Å²) in [5.41, 5.74) is 18.9. The molecule has 3 N–H and O–H groups in total. The minimum atomic E-state index is -1.42. The highest BCUT2D eigenvalue weighted by molar-refractivity contribution is 6.01. The molecule has 45 heavy (non-hydrogen) atoms. The van der Waals surface area contributed by atoms with Crippen LogP contribution < -0.4 is 15.6 Å². The molecule has 0 bridgehead atoms. The fraction of sp³-hybridized carbons (Fsp3) is 0.257. The van der Waals surface area contributed by atoms with E-state index in [-0.39, 0.29) is 25.5 Å². The van der Waals surface area contributed by atoms with Gasteiger partial charge in [-0.3, -0.25) is 10.2 Å². The highest BCUT2D eigenvalue weighted by Crippen LogP contribution is 2.43. The summed E-state index contributed by atoms with van der Waals surface area (Å²) in [5.74, 6) is 0.621. The number of aryl methyl sites for hydroxylation is 1. The Kier molecular flexibility index (Phi) is 10.4. The van der Waals surface area contributed by atoms with E-state index in [9.17, 15) is 4.79 Å². The molecule has 0 fully saturated rings. The van der Waals surface area contributed by atoms with E-state index in [4.69, 9.17) is 25.1 Å². The molecule has 0 aromatic heterocycles. The van der Waals surface area contributed by atoms with Crippen LogP contribution in [0.2, 0.25) is 0 Å². The fourth-order valence-corrected chi connectivity index (χ4v) is 5.35. The van der Waals surface area contributed by atoms with Gasteiger partial charge < -0.3 is 14.6 Å². The number of hydrogen-bond acceptors (Lipinski definition) is 7. The summed E-state index contributed by atoms with van der Waals surface area (Å²) < 4.78 is 12.3. The van der Waals surface area contributed by atoms with Gasteiger partial charge >= 0.3 is 0 Å². The lowest BCUT2D eigenvalue weighted by atomic mass is 9.81. The summed E-state index contributed by atoms with van der Waals surface area (Å²) in [4.78, 5) is 22.4. The summed E-state index contributed by atoms with van der Waals surface area (Å²) in [6.07, 6.45) is -0.0389. The number of aliphatic hydroxyl groups excluding tert-OH is 1. The lowest BCUT2D eigenvalue weighted by Gasteiger charge is -2.31. The maximum absolute atomic E-state index is 14.4. The van der Waals surface area contributed by atoms with Gasteiger partial charge in [-0.1, -0.05) is 89.5 Å². The fourth-order valence-electron chi connectivity index (χ4n) is 5.35.